The van der Waals surface area contributed by atoms with Gasteiger partial charge in [-0.25, -0.2) is 4.98 Å². The molecule has 1 heterocycles. The summed E-state index contributed by atoms with van der Waals surface area (Å²) in [6.45, 7) is 0.212. The van der Waals surface area contributed by atoms with Gasteiger partial charge in [-0.15, -0.1) is 13.2 Å². The minimum atomic E-state index is -4.73. The van der Waals surface area contributed by atoms with Crippen LogP contribution in [-0.4, -0.2) is 15.9 Å². The minimum absolute atomic E-state index is 0.00882. The Morgan fingerprint density at radius 3 is 2.33 bits per heavy atom. The number of ether oxygens (including phenoxy) is 1. The van der Waals surface area contributed by atoms with E-state index in [0.29, 0.717) is 5.56 Å². The standard InChI is InChI=1S/C13H7F3N4O/c14-13(15,16)21-10-3-1-9(2-4-10)7-20-8-19-11(5-17)12(20)6-18/h1-4,8H,7H2. The van der Waals surface area contributed by atoms with E-state index in [0.717, 1.165) is 0 Å². The van der Waals surface area contributed by atoms with Crippen molar-refractivity contribution in [1.82, 2.24) is 9.55 Å². The molecule has 0 spiro atoms. The zero-order valence-corrected chi connectivity index (χ0v) is 10.4. The van der Waals surface area contributed by atoms with E-state index < -0.39 is 6.36 Å². The third-order valence-corrected chi connectivity index (χ3v) is 2.56. The van der Waals surface area contributed by atoms with Gasteiger partial charge >= 0.3 is 6.36 Å². The normalized spacial score (nSPS) is 10.7. The third-order valence-electron chi connectivity index (χ3n) is 2.56. The summed E-state index contributed by atoms with van der Waals surface area (Å²) < 4.78 is 41.3. The lowest BCUT2D eigenvalue weighted by atomic mass is 10.2. The van der Waals surface area contributed by atoms with Gasteiger partial charge in [-0.1, -0.05) is 12.1 Å². The van der Waals surface area contributed by atoms with Crippen LogP contribution < -0.4 is 4.74 Å². The Bertz CT molecular complexity index is 720. The molecule has 1 aromatic heterocycles. The summed E-state index contributed by atoms with van der Waals surface area (Å²) in [6.07, 6.45) is -3.40. The molecule has 0 bridgehead atoms. The Morgan fingerprint density at radius 1 is 1.14 bits per heavy atom. The van der Waals surface area contributed by atoms with Gasteiger partial charge in [0, 0.05) is 6.54 Å². The molecule has 0 atom stereocenters. The monoisotopic (exact) mass is 292 g/mol. The van der Waals surface area contributed by atoms with Crippen molar-refractivity contribution in [2.24, 2.45) is 0 Å². The first-order valence-corrected chi connectivity index (χ1v) is 5.63. The molecule has 8 heteroatoms. The van der Waals surface area contributed by atoms with E-state index in [-0.39, 0.29) is 23.7 Å². The number of hydrogen-bond donors (Lipinski definition) is 0. The molecule has 0 N–H and O–H groups in total. The first-order valence-electron chi connectivity index (χ1n) is 5.63. The molecule has 0 aliphatic rings. The predicted molar refractivity (Wildman–Crippen MR) is 63.9 cm³/mol. The molecule has 2 aromatic rings. The van der Waals surface area contributed by atoms with E-state index in [1.165, 1.54) is 35.2 Å². The predicted octanol–water partition coefficient (Wildman–Crippen LogP) is 2.57. The van der Waals surface area contributed by atoms with E-state index in [1.54, 1.807) is 6.07 Å². The third kappa shape index (κ3) is 3.51. The lowest BCUT2D eigenvalue weighted by Crippen LogP contribution is -2.17. The van der Waals surface area contributed by atoms with Crippen LogP contribution in [0.3, 0.4) is 0 Å². The number of imidazole rings is 1. The number of rotatable bonds is 3. The molecule has 0 aliphatic carbocycles. The van der Waals surface area contributed by atoms with Crippen molar-refractivity contribution < 1.29 is 17.9 Å². The number of halogens is 3. The van der Waals surface area contributed by atoms with Crippen LogP contribution in [0, 0.1) is 22.7 Å². The number of hydrogen-bond acceptors (Lipinski definition) is 4. The largest absolute Gasteiger partial charge is 0.573 e. The average Bonchev–Trinajstić information content (AvgIpc) is 2.81. The van der Waals surface area contributed by atoms with Crippen LogP contribution >= 0.6 is 0 Å². The Balaban J connectivity index is 2.17. The van der Waals surface area contributed by atoms with Crippen molar-refractivity contribution in [2.75, 3.05) is 0 Å². The first kappa shape index (κ1) is 14.4. The first-order chi connectivity index (χ1) is 9.93. The van der Waals surface area contributed by atoms with Crippen molar-refractivity contribution in [1.29, 1.82) is 10.5 Å². The topological polar surface area (TPSA) is 74.6 Å². The Morgan fingerprint density at radius 2 is 1.81 bits per heavy atom. The number of benzene rings is 1. The fourth-order valence-electron chi connectivity index (χ4n) is 1.69. The van der Waals surface area contributed by atoms with Gasteiger partial charge in [0.2, 0.25) is 0 Å². The summed E-state index contributed by atoms with van der Waals surface area (Å²) in [7, 11) is 0. The second-order valence-corrected chi connectivity index (χ2v) is 3.99. The van der Waals surface area contributed by atoms with Crippen LogP contribution in [0.2, 0.25) is 0 Å². The number of nitriles is 2. The molecule has 0 fully saturated rings. The van der Waals surface area contributed by atoms with Crippen LogP contribution in [0.25, 0.3) is 0 Å². The van der Waals surface area contributed by atoms with Crippen molar-refractivity contribution in [3.63, 3.8) is 0 Å². The second kappa shape index (κ2) is 5.55. The van der Waals surface area contributed by atoms with Gasteiger partial charge in [-0.2, -0.15) is 10.5 Å². The smallest absolute Gasteiger partial charge is 0.406 e. The van der Waals surface area contributed by atoms with Gasteiger partial charge in [-0.05, 0) is 17.7 Å². The molecule has 0 saturated carbocycles. The van der Waals surface area contributed by atoms with E-state index in [2.05, 4.69) is 9.72 Å². The zero-order chi connectivity index (χ0) is 15.5. The summed E-state index contributed by atoms with van der Waals surface area (Å²) in [6, 6.07) is 8.88. The highest BCUT2D eigenvalue weighted by molar-refractivity contribution is 5.37. The van der Waals surface area contributed by atoms with Crippen LogP contribution in [0.15, 0.2) is 30.6 Å². The van der Waals surface area contributed by atoms with Gasteiger partial charge in [0.1, 0.15) is 17.9 Å². The van der Waals surface area contributed by atoms with E-state index in [9.17, 15) is 13.2 Å². The SMILES string of the molecule is N#Cc1ncn(Cc2ccc(OC(F)(F)F)cc2)c1C#N. The molecule has 2 rings (SSSR count). The highest BCUT2D eigenvalue weighted by Crippen LogP contribution is 2.23. The molecule has 5 nitrogen and oxygen atoms in total. The number of aromatic nitrogens is 2. The van der Waals surface area contributed by atoms with Gasteiger partial charge in [0.25, 0.3) is 0 Å². The van der Waals surface area contributed by atoms with Crippen molar-refractivity contribution >= 4 is 0 Å². The van der Waals surface area contributed by atoms with Gasteiger partial charge in [0.05, 0.1) is 6.33 Å². The average molecular weight is 292 g/mol. The van der Waals surface area contributed by atoms with Gasteiger partial charge in [0.15, 0.2) is 11.4 Å². The lowest BCUT2D eigenvalue weighted by Gasteiger charge is -2.09. The molecular weight excluding hydrogens is 285 g/mol. The van der Waals surface area contributed by atoms with E-state index in [4.69, 9.17) is 10.5 Å². The lowest BCUT2D eigenvalue weighted by molar-refractivity contribution is -0.274. The quantitative estimate of drug-likeness (QED) is 0.871. The van der Waals surface area contributed by atoms with Crippen molar-refractivity contribution in [2.45, 2.75) is 12.9 Å². The molecule has 0 unspecified atom stereocenters. The van der Waals surface area contributed by atoms with Gasteiger partial charge in [-0.3, -0.25) is 0 Å². The number of nitrogens with zero attached hydrogens (tertiary/aromatic N) is 4. The Hall–Kier alpha value is -3.00. The summed E-state index contributed by atoms with van der Waals surface area (Å²) in [5, 5.41) is 17.7. The van der Waals surface area contributed by atoms with Crippen molar-refractivity contribution in [3.8, 4) is 17.9 Å². The summed E-state index contributed by atoms with van der Waals surface area (Å²) >= 11 is 0. The molecular formula is C13H7F3N4O. The molecule has 0 amide bonds. The molecule has 1 aromatic carbocycles. The van der Waals surface area contributed by atoms with Crippen molar-refractivity contribution in [3.05, 3.63) is 47.5 Å². The summed E-state index contributed by atoms with van der Waals surface area (Å²) in [5.41, 5.74) is 0.755. The molecule has 21 heavy (non-hydrogen) atoms. The van der Waals surface area contributed by atoms with Crippen LogP contribution in [0.4, 0.5) is 13.2 Å². The van der Waals surface area contributed by atoms with Crippen LogP contribution in [0.1, 0.15) is 17.0 Å². The molecule has 0 saturated heterocycles. The highest BCUT2D eigenvalue weighted by atomic mass is 19.4. The fourth-order valence-corrected chi connectivity index (χ4v) is 1.69. The zero-order valence-electron chi connectivity index (χ0n) is 10.4. The molecule has 0 radical (unpaired) electrons. The fraction of sp³-hybridized carbons (Fsp3) is 0.154. The minimum Gasteiger partial charge on any atom is -0.406 e. The molecule has 0 aliphatic heterocycles. The molecule has 106 valence electrons. The summed E-state index contributed by atoms with van der Waals surface area (Å²) in [4.78, 5) is 3.77. The maximum Gasteiger partial charge on any atom is 0.573 e. The number of alkyl halides is 3. The van der Waals surface area contributed by atoms with Gasteiger partial charge < -0.3 is 9.30 Å². The highest BCUT2D eigenvalue weighted by Gasteiger charge is 2.30. The Labute approximate surface area is 117 Å². The van der Waals surface area contributed by atoms with Crippen LogP contribution in [-0.2, 0) is 6.54 Å². The van der Waals surface area contributed by atoms with Crippen LogP contribution in [0.5, 0.6) is 5.75 Å². The Kier molecular flexibility index (Phi) is 3.81. The maximum absolute atomic E-state index is 12.0. The second-order valence-electron chi connectivity index (χ2n) is 3.99. The van der Waals surface area contributed by atoms with E-state index >= 15 is 0 Å². The van der Waals surface area contributed by atoms with E-state index in [1.807, 2.05) is 6.07 Å². The maximum atomic E-state index is 12.0. The summed E-state index contributed by atoms with van der Waals surface area (Å²) in [5.74, 6) is -0.324.